The summed E-state index contributed by atoms with van der Waals surface area (Å²) in [6, 6.07) is 7.51. The first-order valence-electron chi connectivity index (χ1n) is 4.20. The minimum absolute atomic E-state index is 0.707. The molecule has 0 unspecified atom stereocenters. The van der Waals surface area contributed by atoms with E-state index in [2.05, 4.69) is 0 Å². The Kier molecular flexibility index (Phi) is 4.77. The molecule has 0 spiro atoms. The van der Waals surface area contributed by atoms with Gasteiger partial charge in [-0.3, -0.25) is 4.79 Å². The number of rotatable bonds is 4. The van der Waals surface area contributed by atoms with Crippen LogP contribution in [0.15, 0.2) is 40.3 Å². The lowest BCUT2D eigenvalue weighted by molar-refractivity contribution is 0.112. The summed E-state index contributed by atoms with van der Waals surface area (Å²) in [5, 5.41) is 0. The largest absolute Gasteiger partial charge is 0.298 e. The summed E-state index contributed by atoms with van der Waals surface area (Å²) in [6.07, 6.45) is 0.846. The van der Waals surface area contributed by atoms with Crippen molar-refractivity contribution in [2.24, 2.45) is 0 Å². The zero-order chi connectivity index (χ0) is 10.4. The highest BCUT2D eigenvalue weighted by Crippen LogP contribution is 2.20. The lowest BCUT2D eigenvalue weighted by Gasteiger charge is -2.00. The van der Waals surface area contributed by atoms with E-state index in [9.17, 15) is 4.79 Å². The predicted octanol–water partition coefficient (Wildman–Crippen LogP) is 3.73. The van der Waals surface area contributed by atoms with E-state index in [4.69, 9.17) is 11.6 Å². The fourth-order valence-corrected chi connectivity index (χ4v) is 1.85. The average Bonchev–Trinajstić information content (AvgIpc) is 2.26. The molecular weight excluding hydrogens is 216 g/mol. The Labute approximate surface area is 93.2 Å². The van der Waals surface area contributed by atoms with Crippen LogP contribution in [0.3, 0.4) is 0 Å². The van der Waals surface area contributed by atoms with Crippen molar-refractivity contribution in [3.05, 3.63) is 40.9 Å². The van der Waals surface area contributed by atoms with Crippen LogP contribution in [0.25, 0.3) is 0 Å². The van der Waals surface area contributed by atoms with Gasteiger partial charge in [0.1, 0.15) is 6.29 Å². The van der Waals surface area contributed by atoms with Gasteiger partial charge in [-0.1, -0.05) is 29.3 Å². The molecule has 0 heterocycles. The van der Waals surface area contributed by atoms with Crippen LogP contribution in [0.2, 0.25) is 0 Å². The number of benzene rings is 1. The van der Waals surface area contributed by atoms with Gasteiger partial charge in [0.25, 0.3) is 0 Å². The second kappa shape index (κ2) is 5.89. The van der Waals surface area contributed by atoms with Crippen LogP contribution in [0, 0.1) is 0 Å². The summed E-state index contributed by atoms with van der Waals surface area (Å²) in [7, 11) is 0. The van der Waals surface area contributed by atoms with Crippen LogP contribution in [0.4, 0.5) is 0 Å². The van der Waals surface area contributed by atoms with Crippen LogP contribution in [0.1, 0.15) is 17.3 Å². The SMILES string of the molecule is C/C(=C/Cl)CSc1ccc(C=O)cc1. The van der Waals surface area contributed by atoms with Crippen LogP contribution in [-0.2, 0) is 0 Å². The molecule has 14 heavy (non-hydrogen) atoms. The summed E-state index contributed by atoms with van der Waals surface area (Å²) >= 11 is 7.25. The van der Waals surface area contributed by atoms with E-state index in [0.717, 1.165) is 22.5 Å². The van der Waals surface area contributed by atoms with Gasteiger partial charge >= 0.3 is 0 Å². The van der Waals surface area contributed by atoms with Crippen molar-refractivity contribution in [3.8, 4) is 0 Å². The molecule has 1 rings (SSSR count). The molecule has 0 aliphatic carbocycles. The number of hydrogen-bond acceptors (Lipinski definition) is 2. The Morgan fingerprint density at radius 1 is 1.43 bits per heavy atom. The lowest BCUT2D eigenvalue weighted by Crippen LogP contribution is -1.82. The van der Waals surface area contributed by atoms with Crippen LogP contribution in [0.5, 0.6) is 0 Å². The Bertz CT molecular complexity index is 330. The second-order valence-electron chi connectivity index (χ2n) is 2.93. The molecule has 1 aromatic rings. The topological polar surface area (TPSA) is 17.1 Å². The molecule has 0 bridgehead atoms. The maximum Gasteiger partial charge on any atom is 0.150 e. The van der Waals surface area contributed by atoms with Crippen molar-refractivity contribution < 1.29 is 4.79 Å². The van der Waals surface area contributed by atoms with Crippen LogP contribution >= 0.6 is 23.4 Å². The number of hydrogen-bond donors (Lipinski definition) is 0. The van der Waals surface area contributed by atoms with E-state index in [1.165, 1.54) is 0 Å². The first-order chi connectivity index (χ1) is 6.76. The van der Waals surface area contributed by atoms with Gasteiger partial charge in [-0.05, 0) is 19.1 Å². The number of aldehydes is 1. The molecule has 0 aliphatic rings. The molecule has 0 amide bonds. The maximum atomic E-state index is 10.4. The van der Waals surface area contributed by atoms with Gasteiger partial charge in [-0.2, -0.15) is 0 Å². The lowest BCUT2D eigenvalue weighted by atomic mass is 10.2. The van der Waals surface area contributed by atoms with E-state index in [-0.39, 0.29) is 0 Å². The fraction of sp³-hybridized carbons (Fsp3) is 0.182. The van der Waals surface area contributed by atoms with Gasteiger partial charge in [-0.25, -0.2) is 0 Å². The van der Waals surface area contributed by atoms with Crippen molar-refractivity contribution in [3.63, 3.8) is 0 Å². The van der Waals surface area contributed by atoms with Crippen molar-refractivity contribution in [1.82, 2.24) is 0 Å². The molecule has 3 heteroatoms. The summed E-state index contributed by atoms with van der Waals surface area (Å²) in [5.41, 5.74) is 3.43. The van der Waals surface area contributed by atoms with Crippen molar-refractivity contribution in [2.75, 3.05) is 5.75 Å². The van der Waals surface area contributed by atoms with E-state index in [1.807, 2.05) is 31.2 Å². The maximum absolute atomic E-state index is 10.4. The number of carbonyl (C=O) groups excluding carboxylic acids is 1. The molecule has 0 saturated heterocycles. The monoisotopic (exact) mass is 226 g/mol. The first kappa shape index (κ1) is 11.3. The van der Waals surface area contributed by atoms with E-state index < -0.39 is 0 Å². The molecule has 0 aromatic heterocycles. The zero-order valence-electron chi connectivity index (χ0n) is 7.87. The molecule has 0 saturated carbocycles. The summed E-state index contributed by atoms with van der Waals surface area (Å²) < 4.78 is 0. The second-order valence-corrected chi connectivity index (χ2v) is 4.20. The van der Waals surface area contributed by atoms with Crippen molar-refractivity contribution in [1.29, 1.82) is 0 Å². The Morgan fingerprint density at radius 3 is 2.57 bits per heavy atom. The third-order valence-corrected chi connectivity index (χ3v) is 3.25. The summed E-state index contributed by atoms with van der Waals surface area (Å²) in [5.74, 6) is 0.879. The fourth-order valence-electron chi connectivity index (χ4n) is 0.871. The number of halogens is 1. The van der Waals surface area contributed by atoms with E-state index in [0.29, 0.717) is 5.56 Å². The zero-order valence-corrected chi connectivity index (χ0v) is 9.44. The van der Waals surface area contributed by atoms with Crippen molar-refractivity contribution >= 4 is 29.6 Å². The molecule has 0 atom stereocenters. The van der Waals surface area contributed by atoms with Gasteiger partial charge in [0.15, 0.2) is 0 Å². The third-order valence-electron chi connectivity index (χ3n) is 1.67. The van der Waals surface area contributed by atoms with Crippen molar-refractivity contribution in [2.45, 2.75) is 11.8 Å². The van der Waals surface area contributed by atoms with Gasteiger partial charge in [-0.15, -0.1) is 11.8 Å². The molecule has 0 N–H and O–H groups in total. The minimum atomic E-state index is 0.707. The molecular formula is C11H11ClOS. The van der Waals surface area contributed by atoms with Gasteiger partial charge in [0.05, 0.1) is 0 Å². The molecule has 0 aliphatic heterocycles. The van der Waals surface area contributed by atoms with Gasteiger partial charge in [0.2, 0.25) is 0 Å². The predicted molar refractivity (Wildman–Crippen MR) is 62.2 cm³/mol. The molecule has 1 nitrogen and oxygen atoms in total. The van der Waals surface area contributed by atoms with Gasteiger partial charge in [0, 0.05) is 21.7 Å². The molecule has 0 fully saturated rings. The number of thioether (sulfide) groups is 1. The Balaban J connectivity index is 2.56. The Hall–Kier alpha value is -0.730. The minimum Gasteiger partial charge on any atom is -0.298 e. The smallest absolute Gasteiger partial charge is 0.150 e. The highest BCUT2D eigenvalue weighted by Gasteiger charge is 1.95. The normalized spacial score (nSPS) is 11.4. The standard InChI is InChI=1S/C11H11ClOS/c1-9(6-12)8-14-11-4-2-10(7-13)3-5-11/h2-7H,8H2,1H3/b9-6-. The molecule has 1 aromatic carbocycles. The van der Waals surface area contributed by atoms with E-state index in [1.54, 1.807) is 17.3 Å². The molecule has 74 valence electrons. The third kappa shape index (κ3) is 3.56. The highest BCUT2D eigenvalue weighted by molar-refractivity contribution is 7.99. The van der Waals surface area contributed by atoms with E-state index >= 15 is 0 Å². The summed E-state index contributed by atoms with van der Waals surface area (Å²) in [6.45, 7) is 1.99. The quantitative estimate of drug-likeness (QED) is 0.575. The summed E-state index contributed by atoms with van der Waals surface area (Å²) in [4.78, 5) is 11.5. The average molecular weight is 227 g/mol. The number of carbonyl (C=O) groups is 1. The molecule has 0 radical (unpaired) electrons. The highest BCUT2D eigenvalue weighted by atomic mass is 35.5. The first-order valence-corrected chi connectivity index (χ1v) is 5.62. The Morgan fingerprint density at radius 2 is 2.07 bits per heavy atom. The van der Waals surface area contributed by atoms with Gasteiger partial charge < -0.3 is 0 Å². The van der Waals surface area contributed by atoms with Crippen LogP contribution < -0.4 is 0 Å². The van der Waals surface area contributed by atoms with Crippen LogP contribution in [-0.4, -0.2) is 12.0 Å².